The average molecular weight is 582 g/mol. The van der Waals surface area contributed by atoms with Gasteiger partial charge in [-0.1, -0.05) is 67.6 Å². The molecule has 0 spiro atoms. The molecule has 4 aromatic carbocycles. The van der Waals surface area contributed by atoms with Crippen molar-refractivity contribution in [3.05, 3.63) is 107 Å². The number of benzene rings is 4. The van der Waals surface area contributed by atoms with Crippen LogP contribution in [0.4, 0.5) is 10.8 Å². The molecule has 5 rings (SSSR count). The normalized spacial score (nSPS) is 11.7. The van der Waals surface area contributed by atoms with Gasteiger partial charge in [0.1, 0.15) is 0 Å². The number of aryl methyl sites for hydroxylation is 1. The lowest BCUT2D eigenvalue weighted by atomic mass is 9.98. The van der Waals surface area contributed by atoms with Gasteiger partial charge in [-0.15, -0.1) is 23.1 Å². The first-order valence-electron chi connectivity index (χ1n) is 13.0. The topological polar surface area (TPSA) is 108 Å². The van der Waals surface area contributed by atoms with Crippen LogP contribution in [0, 0.1) is 6.92 Å². The van der Waals surface area contributed by atoms with Crippen LogP contribution in [0.5, 0.6) is 0 Å². The Balaban J connectivity index is 1.30. The van der Waals surface area contributed by atoms with E-state index in [-0.39, 0.29) is 22.3 Å². The first-order valence-corrected chi connectivity index (χ1v) is 14.7. The van der Waals surface area contributed by atoms with E-state index in [4.69, 9.17) is 0 Å². The van der Waals surface area contributed by atoms with Crippen LogP contribution in [0.3, 0.4) is 0 Å². The van der Waals surface area contributed by atoms with Crippen LogP contribution >= 0.6 is 23.1 Å². The molecule has 9 heteroatoms. The number of thiazole rings is 1. The molecular weight excluding hydrogens is 555 g/mol. The fourth-order valence-corrected chi connectivity index (χ4v) is 6.39. The van der Waals surface area contributed by atoms with Crippen molar-refractivity contribution >= 4 is 62.5 Å². The quantitative estimate of drug-likeness (QED) is 0.154. The van der Waals surface area contributed by atoms with Crippen LogP contribution in [-0.2, 0) is 4.79 Å². The Bertz CT molecular complexity index is 1750. The summed E-state index contributed by atoms with van der Waals surface area (Å²) in [5, 5.41) is 16.8. The van der Waals surface area contributed by atoms with Crippen LogP contribution in [0.2, 0.25) is 0 Å². The number of nitrogens with zero attached hydrogens (tertiary/aromatic N) is 1. The third-order valence-corrected chi connectivity index (χ3v) is 8.73. The molecule has 1 heterocycles. The van der Waals surface area contributed by atoms with E-state index in [0.29, 0.717) is 28.0 Å². The minimum Gasteiger partial charge on any atom is -0.478 e. The maximum atomic E-state index is 13.3. The summed E-state index contributed by atoms with van der Waals surface area (Å²) >= 11 is 2.85. The molecular formula is C32H27N3O4S2. The number of aromatic carboxylic acids is 1. The summed E-state index contributed by atoms with van der Waals surface area (Å²) in [6.45, 7) is 3.94. The molecule has 7 nitrogen and oxygen atoms in total. The predicted molar refractivity (Wildman–Crippen MR) is 166 cm³/mol. The molecule has 0 saturated carbocycles. The number of carboxylic acid groups (broad SMARTS) is 1. The molecule has 206 valence electrons. The second-order valence-corrected chi connectivity index (χ2v) is 11.8. The number of hydrogen-bond donors (Lipinski definition) is 3. The molecule has 0 aliphatic heterocycles. The third-order valence-electron chi connectivity index (χ3n) is 6.49. The van der Waals surface area contributed by atoms with E-state index < -0.39 is 11.9 Å². The van der Waals surface area contributed by atoms with Gasteiger partial charge < -0.3 is 15.7 Å². The number of amides is 2. The summed E-state index contributed by atoms with van der Waals surface area (Å²) in [4.78, 5) is 44.7. The van der Waals surface area contributed by atoms with Crippen molar-refractivity contribution < 1.29 is 19.5 Å². The summed E-state index contributed by atoms with van der Waals surface area (Å²) in [6.07, 6.45) is 0.594. The average Bonchev–Trinajstić information content (AvgIpc) is 3.35. The van der Waals surface area contributed by atoms with E-state index in [0.717, 1.165) is 21.0 Å². The number of anilines is 2. The number of carbonyl (C=O) groups is 3. The van der Waals surface area contributed by atoms with Crippen LogP contribution in [0.15, 0.2) is 95.9 Å². The lowest BCUT2D eigenvalue weighted by molar-refractivity contribution is -0.115. The fraction of sp³-hybridized carbons (Fsp3) is 0.125. The highest BCUT2D eigenvalue weighted by Gasteiger charge is 2.21. The number of aromatic nitrogens is 1. The van der Waals surface area contributed by atoms with Crippen molar-refractivity contribution in [1.82, 2.24) is 4.98 Å². The van der Waals surface area contributed by atoms with Crippen molar-refractivity contribution in [1.29, 1.82) is 0 Å². The van der Waals surface area contributed by atoms with Gasteiger partial charge in [0.25, 0.3) is 5.91 Å². The van der Waals surface area contributed by atoms with Gasteiger partial charge in [0.2, 0.25) is 5.91 Å². The Morgan fingerprint density at radius 1 is 0.902 bits per heavy atom. The molecule has 3 N–H and O–H groups in total. The van der Waals surface area contributed by atoms with Gasteiger partial charge in [-0.2, -0.15) is 0 Å². The number of nitrogens with one attached hydrogen (secondary N) is 2. The van der Waals surface area contributed by atoms with Gasteiger partial charge in [-0.25, -0.2) is 9.78 Å². The number of hydrogen-bond acceptors (Lipinski definition) is 6. The number of rotatable bonds is 9. The Labute approximate surface area is 245 Å². The molecule has 0 saturated heterocycles. The van der Waals surface area contributed by atoms with Crippen LogP contribution in [0.1, 0.15) is 38.9 Å². The van der Waals surface area contributed by atoms with Crippen molar-refractivity contribution in [3.63, 3.8) is 0 Å². The summed E-state index contributed by atoms with van der Waals surface area (Å²) < 4.78 is 0. The lowest BCUT2D eigenvalue weighted by Crippen LogP contribution is -2.24. The Morgan fingerprint density at radius 2 is 1.61 bits per heavy atom. The van der Waals surface area contributed by atoms with E-state index in [9.17, 15) is 19.5 Å². The number of carboxylic acids is 1. The number of carbonyl (C=O) groups excluding carboxylic acids is 2. The van der Waals surface area contributed by atoms with Crippen LogP contribution in [0.25, 0.3) is 22.0 Å². The van der Waals surface area contributed by atoms with Gasteiger partial charge in [-0.05, 0) is 49.1 Å². The molecule has 0 fully saturated rings. The zero-order valence-electron chi connectivity index (χ0n) is 22.4. The second-order valence-electron chi connectivity index (χ2n) is 9.29. The van der Waals surface area contributed by atoms with E-state index >= 15 is 0 Å². The summed E-state index contributed by atoms with van der Waals surface area (Å²) in [5.41, 5.74) is 2.75. The molecule has 1 unspecified atom stereocenters. The summed E-state index contributed by atoms with van der Waals surface area (Å²) in [5.74, 6) is -1.65. The van der Waals surface area contributed by atoms with Crippen molar-refractivity contribution in [3.8, 4) is 11.3 Å². The maximum absolute atomic E-state index is 13.3. The maximum Gasteiger partial charge on any atom is 0.336 e. The highest BCUT2D eigenvalue weighted by Crippen LogP contribution is 2.33. The standard InChI is InChI=1S/C32H27N3O4S2/c1-3-26(30(37)35-32-34-28(19(2)40-32)21-10-5-4-6-11-21)41-23-15-9-14-22(18-23)33-29(36)24-16-7-12-20-13-8-17-25(27(20)24)31(38)39/h4-18,26H,3H2,1-2H3,(H,33,36)(H,38,39)(H,34,35,37). The molecule has 2 amide bonds. The molecule has 41 heavy (non-hydrogen) atoms. The second kappa shape index (κ2) is 12.4. The first-order chi connectivity index (χ1) is 19.8. The highest BCUT2D eigenvalue weighted by atomic mass is 32.2. The molecule has 0 radical (unpaired) electrons. The zero-order valence-corrected chi connectivity index (χ0v) is 24.0. The molecule has 0 bridgehead atoms. The number of thioether (sulfide) groups is 1. The van der Waals surface area contributed by atoms with Crippen molar-refractivity contribution in [2.75, 3.05) is 10.6 Å². The molecule has 1 atom stereocenters. The molecule has 1 aromatic heterocycles. The van der Waals surface area contributed by atoms with Gasteiger partial charge in [-0.3, -0.25) is 9.59 Å². The zero-order chi connectivity index (χ0) is 28.9. The van der Waals surface area contributed by atoms with Crippen molar-refractivity contribution in [2.24, 2.45) is 0 Å². The van der Waals surface area contributed by atoms with Gasteiger partial charge in [0.15, 0.2) is 5.13 Å². The molecule has 5 aromatic rings. The van der Waals surface area contributed by atoms with E-state index in [1.54, 1.807) is 36.4 Å². The van der Waals surface area contributed by atoms with Gasteiger partial charge in [0.05, 0.1) is 16.5 Å². The van der Waals surface area contributed by atoms with E-state index in [2.05, 4.69) is 15.6 Å². The lowest BCUT2D eigenvalue weighted by Gasteiger charge is -2.15. The van der Waals surface area contributed by atoms with Crippen LogP contribution in [-0.4, -0.2) is 33.1 Å². The van der Waals surface area contributed by atoms with Gasteiger partial charge >= 0.3 is 5.97 Å². The largest absolute Gasteiger partial charge is 0.478 e. The smallest absolute Gasteiger partial charge is 0.336 e. The summed E-state index contributed by atoms with van der Waals surface area (Å²) in [6, 6.07) is 27.2. The Morgan fingerprint density at radius 3 is 2.32 bits per heavy atom. The number of fused-ring (bicyclic) bond motifs is 1. The highest BCUT2D eigenvalue weighted by molar-refractivity contribution is 8.00. The molecule has 0 aliphatic carbocycles. The minimum absolute atomic E-state index is 0.0701. The predicted octanol–water partition coefficient (Wildman–Crippen LogP) is 7.73. The molecule has 0 aliphatic rings. The monoisotopic (exact) mass is 581 g/mol. The van der Waals surface area contributed by atoms with Crippen LogP contribution < -0.4 is 10.6 Å². The minimum atomic E-state index is -1.10. The van der Waals surface area contributed by atoms with Gasteiger partial charge in [0, 0.05) is 32.0 Å². The van der Waals surface area contributed by atoms with E-state index in [1.165, 1.54) is 29.2 Å². The fourth-order valence-electron chi connectivity index (χ4n) is 4.54. The Kier molecular flexibility index (Phi) is 8.47. The first kappa shape index (κ1) is 28.1. The van der Waals surface area contributed by atoms with Crippen molar-refractivity contribution in [2.45, 2.75) is 30.4 Å². The van der Waals surface area contributed by atoms with E-state index in [1.807, 2.05) is 62.4 Å². The SMILES string of the molecule is CCC(Sc1cccc(NC(=O)c2cccc3cccc(C(=O)O)c23)c1)C(=O)Nc1nc(-c2ccccc2)c(C)s1. The Hall–Kier alpha value is -4.47. The summed E-state index contributed by atoms with van der Waals surface area (Å²) in [7, 11) is 0. The third kappa shape index (κ3) is 6.32.